The minimum atomic E-state index is -0.483. The van der Waals surface area contributed by atoms with Gasteiger partial charge in [0.2, 0.25) is 5.95 Å². The number of pyridine rings is 1. The van der Waals surface area contributed by atoms with Crippen LogP contribution in [0.15, 0.2) is 24.5 Å². The van der Waals surface area contributed by atoms with Gasteiger partial charge in [-0.2, -0.15) is 4.39 Å². The quantitative estimate of drug-likeness (QED) is 0.583. The van der Waals surface area contributed by atoms with Crippen molar-refractivity contribution in [2.75, 3.05) is 0 Å². The van der Waals surface area contributed by atoms with Gasteiger partial charge in [0.1, 0.15) is 5.01 Å². The lowest BCUT2D eigenvalue weighted by Gasteiger charge is -1.93. The van der Waals surface area contributed by atoms with Crippen LogP contribution in [-0.4, -0.2) is 9.97 Å². The van der Waals surface area contributed by atoms with E-state index in [2.05, 4.69) is 9.97 Å². The molecule has 0 aliphatic heterocycles. The molecule has 0 saturated carbocycles. The molecule has 2 rings (SSSR count). The lowest BCUT2D eigenvalue weighted by Crippen LogP contribution is -1.81. The minimum absolute atomic E-state index is 0.451. The van der Waals surface area contributed by atoms with Crippen molar-refractivity contribution < 1.29 is 4.39 Å². The molecule has 72 valence electrons. The van der Waals surface area contributed by atoms with E-state index in [0.29, 0.717) is 5.88 Å². The van der Waals surface area contributed by atoms with Crippen LogP contribution in [0.3, 0.4) is 0 Å². The molecule has 14 heavy (non-hydrogen) atoms. The molecule has 0 bridgehead atoms. The third-order valence-corrected chi connectivity index (χ3v) is 3.15. The van der Waals surface area contributed by atoms with Crippen LogP contribution in [0.25, 0.3) is 10.6 Å². The number of thiazole rings is 1. The van der Waals surface area contributed by atoms with Crippen molar-refractivity contribution in [1.29, 1.82) is 0 Å². The van der Waals surface area contributed by atoms with Crippen molar-refractivity contribution >= 4 is 22.9 Å². The van der Waals surface area contributed by atoms with E-state index in [4.69, 9.17) is 11.6 Å². The summed E-state index contributed by atoms with van der Waals surface area (Å²) in [5.74, 6) is -0.0328. The lowest BCUT2D eigenvalue weighted by atomic mass is 10.3. The smallest absolute Gasteiger partial charge is 0.212 e. The van der Waals surface area contributed by atoms with E-state index in [-0.39, 0.29) is 0 Å². The van der Waals surface area contributed by atoms with Gasteiger partial charge in [-0.15, -0.1) is 22.9 Å². The standard InChI is InChI=1S/C9H6ClFN2S/c10-3-7-5-13-9(14-7)6-1-2-8(11)12-4-6/h1-2,4-5H,3H2. The first-order valence-electron chi connectivity index (χ1n) is 3.92. The molecule has 0 amide bonds. The van der Waals surface area contributed by atoms with Gasteiger partial charge in [0, 0.05) is 22.8 Å². The summed E-state index contributed by atoms with van der Waals surface area (Å²) in [5.41, 5.74) is 0.813. The zero-order valence-electron chi connectivity index (χ0n) is 7.08. The Morgan fingerprint density at radius 3 is 2.71 bits per heavy atom. The van der Waals surface area contributed by atoms with Gasteiger partial charge in [-0.3, -0.25) is 0 Å². The Morgan fingerprint density at radius 1 is 1.29 bits per heavy atom. The summed E-state index contributed by atoms with van der Waals surface area (Å²) < 4.78 is 12.5. The molecule has 0 unspecified atom stereocenters. The molecule has 0 aromatic carbocycles. The predicted octanol–water partition coefficient (Wildman–Crippen LogP) is 3.08. The van der Waals surface area contributed by atoms with Gasteiger partial charge in [-0.1, -0.05) is 0 Å². The van der Waals surface area contributed by atoms with Gasteiger partial charge in [-0.25, -0.2) is 9.97 Å². The summed E-state index contributed by atoms with van der Waals surface area (Å²) in [7, 11) is 0. The molecule has 0 atom stereocenters. The highest BCUT2D eigenvalue weighted by atomic mass is 35.5. The molecule has 2 aromatic heterocycles. The summed E-state index contributed by atoms with van der Waals surface area (Å²) in [4.78, 5) is 8.71. The highest BCUT2D eigenvalue weighted by molar-refractivity contribution is 7.15. The summed E-state index contributed by atoms with van der Waals surface area (Å²) in [6.07, 6.45) is 3.18. The second-order valence-electron chi connectivity index (χ2n) is 2.63. The Labute approximate surface area is 89.4 Å². The van der Waals surface area contributed by atoms with Gasteiger partial charge >= 0.3 is 0 Å². The molecule has 0 spiro atoms. The first-order valence-corrected chi connectivity index (χ1v) is 5.27. The Balaban J connectivity index is 2.34. The van der Waals surface area contributed by atoms with Crippen molar-refractivity contribution in [3.63, 3.8) is 0 Å². The van der Waals surface area contributed by atoms with Crippen LogP contribution < -0.4 is 0 Å². The van der Waals surface area contributed by atoms with Crippen LogP contribution in [0, 0.1) is 5.95 Å². The van der Waals surface area contributed by atoms with E-state index in [1.165, 1.54) is 23.6 Å². The van der Waals surface area contributed by atoms with Gasteiger partial charge < -0.3 is 0 Å². The number of nitrogens with zero attached hydrogens (tertiary/aromatic N) is 2. The maximum atomic E-state index is 12.5. The molecule has 2 nitrogen and oxygen atoms in total. The summed E-state index contributed by atoms with van der Waals surface area (Å²) in [5, 5.41) is 0.813. The van der Waals surface area contributed by atoms with Crippen LogP contribution in [0.5, 0.6) is 0 Å². The molecule has 0 fully saturated rings. The fourth-order valence-electron chi connectivity index (χ4n) is 1.01. The molecule has 0 aliphatic rings. The van der Waals surface area contributed by atoms with Crippen molar-refractivity contribution in [1.82, 2.24) is 9.97 Å². The Kier molecular flexibility index (Phi) is 2.74. The second-order valence-corrected chi connectivity index (χ2v) is 4.02. The average molecular weight is 229 g/mol. The van der Waals surface area contributed by atoms with E-state index in [9.17, 15) is 4.39 Å². The van der Waals surface area contributed by atoms with Crippen LogP contribution >= 0.6 is 22.9 Å². The average Bonchev–Trinajstić information content (AvgIpc) is 2.67. The normalized spacial score (nSPS) is 10.4. The summed E-state index contributed by atoms with van der Waals surface area (Å²) >= 11 is 7.13. The molecule has 2 heterocycles. The first-order chi connectivity index (χ1) is 6.79. The van der Waals surface area contributed by atoms with Crippen molar-refractivity contribution in [2.24, 2.45) is 0 Å². The monoisotopic (exact) mass is 228 g/mol. The maximum Gasteiger partial charge on any atom is 0.212 e. The van der Waals surface area contributed by atoms with Crippen molar-refractivity contribution in [3.05, 3.63) is 35.4 Å². The molecule has 0 N–H and O–H groups in total. The predicted molar refractivity (Wildman–Crippen MR) is 54.9 cm³/mol. The number of hydrogen-bond acceptors (Lipinski definition) is 3. The maximum absolute atomic E-state index is 12.5. The topological polar surface area (TPSA) is 25.8 Å². The van der Waals surface area contributed by atoms with Gasteiger partial charge in [0.25, 0.3) is 0 Å². The van der Waals surface area contributed by atoms with E-state index in [1.807, 2.05) is 0 Å². The molecular weight excluding hydrogens is 223 g/mol. The van der Waals surface area contributed by atoms with E-state index in [0.717, 1.165) is 15.4 Å². The Bertz CT molecular complexity index is 427. The molecular formula is C9H6ClFN2S. The minimum Gasteiger partial charge on any atom is -0.244 e. The number of hydrogen-bond donors (Lipinski definition) is 0. The lowest BCUT2D eigenvalue weighted by molar-refractivity contribution is 0.584. The molecule has 0 saturated heterocycles. The summed E-state index contributed by atoms with van der Waals surface area (Å²) in [6, 6.07) is 2.97. The third-order valence-electron chi connectivity index (χ3n) is 1.66. The van der Waals surface area contributed by atoms with Crippen LogP contribution in [0.4, 0.5) is 4.39 Å². The fourth-order valence-corrected chi connectivity index (χ4v) is 1.99. The first kappa shape index (κ1) is 9.55. The Hall–Kier alpha value is -1.00. The number of alkyl halides is 1. The zero-order valence-corrected chi connectivity index (χ0v) is 8.65. The number of aromatic nitrogens is 2. The Morgan fingerprint density at radius 2 is 2.14 bits per heavy atom. The molecule has 2 aromatic rings. The van der Waals surface area contributed by atoms with E-state index in [1.54, 1.807) is 12.3 Å². The van der Waals surface area contributed by atoms with Crippen molar-refractivity contribution in [2.45, 2.75) is 5.88 Å². The molecule has 5 heteroatoms. The van der Waals surface area contributed by atoms with Gasteiger partial charge in [0.05, 0.1) is 5.88 Å². The van der Waals surface area contributed by atoms with Crippen LogP contribution in [0.1, 0.15) is 4.88 Å². The SMILES string of the molecule is Fc1ccc(-c2ncc(CCl)s2)cn1. The third kappa shape index (κ3) is 1.91. The summed E-state index contributed by atoms with van der Waals surface area (Å²) in [6.45, 7) is 0. The van der Waals surface area contributed by atoms with E-state index >= 15 is 0 Å². The largest absolute Gasteiger partial charge is 0.244 e. The van der Waals surface area contributed by atoms with Crippen LogP contribution in [-0.2, 0) is 5.88 Å². The van der Waals surface area contributed by atoms with Crippen LogP contribution in [0.2, 0.25) is 0 Å². The highest BCUT2D eigenvalue weighted by Crippen LogP contribution is 2.25. The number of rotatable bonds is 2. The second kappa shape index (κ2) is 4.02. The van der Waals surface area contributed by atoms with Gasteiger partial charge in [0.15, 0.2) is 0 Å². The fraction of sp³-hybridized carbons (Fsp3) is 0.111. The van der Waals surface area contributed by atoms with Crippen molar-refractivity contribution in [3.8, 4) is 10.6 Å². The molecule has 0 aliphatic carbocycles. The molecule has 0 radical (unpaired) electrons. The highest BCUT2D eigenvalue weighted by Gasteiger charge is 2.04. The van der Waals surface area contributed by atoms with E-state index < -0.39 is 5.95 Å². The zero-order chi connectivity index (χ0) is 9.97. The van der Waals surface area contributed by atoms with Gasteiger partial charge in [-0.05, 0) is 12.1 Å². The number of halogens is 2.